The standard InChI is InChI=1S/C10H19NO5/c1-10(2)15-7-5(4-11)14-9(13-3)6(12)8(7)16-10/h5-9,12H,4,11H2,1-3H3/t5-,6-,7+,8-,9+/m1/s1. The molecule has 0 saturated carbocycles. The number of nitrogens with two attached hydrogens (primary N) is 1. The molecule has 0 bridgehead atoms. The number of methoxy groups -OCH3 is 1. The van der Waals surface area contributed by atoms with Crippen LogP contribution >= 0.6 is 0 Å². The minimum Gasteiger partial charge on any atom is -0.385 e. The van der Waals surface area contributed by atoms with Gasteiger partial charge in [-0.2, -0.15) is 0 Å². The molecule has 2 heterocycles. The lowest BCUT2D eigenvalue weighted by atomic mass is 9.99. The van der Waals surface area contributed by atoms with Crippen LogP contribution in [0, 0.1) is 0 Å². The van der Waals surface area contributed by atoms with Gasteiger partial charge in [-0.3, -0.25) is 0 Å². The fourth-order valence-electron chi connectivity index (χ4n) is 2.24. The number of aliphatic hydroxyl groups is 1. The number of aliphatic hydroxyl groups excluding tert-OH is 1. The Balaban J connectivity index is 2.18. The maximum Gasteiger partial charge on any atom is 0.186 e. The zero-order valence-corrected chi connectivity index (χ0v) is 9.75. The highest BCUT2D eigenvalue weighted by Crippen LogP contribution is 2.37. The van der Waals surface area contributed by atoms with Crippen molar-refractivity contribution in [2.45, 2.75) is 50.3 Å². The lowest BCUT2D eigenvalue weighted by molar-refractivity contribution is -0.266. The Labute approximate surface area is 94.6 Å². The largest absolute Gasteiger partial charge is 0.385 e. The zero-order chi connectivity index (χ0) is 11.9. The van der Waals surface area contributed by atoms with Crippen LogP contribution in [0.4, 0.5) is 0 Å². The fraction of sp³-hybridized carbons (Fsp3) is 1.00. The van der Waals surface area contributed by atoms with Crippen molar-refractivity contribution in [2.24, 2.45) is 5.73 Å². The van der Waals surface area contributed by atoms with Crippen LogP contribution in [0.15, 0.2) is 0 Å². The average Bonchev–Trinajstić information content (AvgIpc) is 2.55. The molecule has 2 aliphatic rings. The van der Waals surface area contributed by atoms with Gasteiger partial charge < -0.3 is 29.8 Å². The molecular weight excluding hydrogens is 214 g/mol. The van der Waals surface area contributed by atoms with E-state index in [4.69, 9.17) is 24.7 Å². The molecule has 0 amide bonds. The van der Waals surface area contributed by atoms with Crippen LogP contribution in [0.3, 0.4) is 0 Å². The van der Waals surface area contributed by atoms with E-state index in [0.29, 0.717) is 6.54 Å². The summed E-state index contributed by atoms with van der Waals surface area (Å²) in [4.78, 5) is 0. The van der Waals surface area contributed by atoms with Gasteiger partial charge in [0.25, 0.3) is 0 Å². The highest BCUT2D eigenvalue weighted by Gasteiger charge is 2.54. The summed E-state index contributed by atoms with van der Waals surface area (Å²) in [6, 6.07) is 0. The molecular formula is C10H19NO5. The van der Waals surface area contributed by atoms with E-state index >= 15 is 0 Å². The summed E-state index contributed by atoms with van der Waals surface area (Å²) in [7, 11) is 1.47. The Bertz CT molecular complexity index is 260. The van der Waals surface area contributed by atoms with E-state index < -0.39 is 24.3 Å². The summed E-state index contributed by atoms with van der Waals surface area (Å²) < 4.78 is 21.9. The van der Waals surface area contributed by atoms with Gasteiger partial charge in [-0.25, -0.2) is 0 Å². The molecule has 0 radical (unpaired) electrons. The van der Waals surface area contributed by atoms with Gasteiger partial charge in [0.05, 0.1) is 0 Å². The van der Waals surface area contributed by atoms with Gasteiger partial charge in [0.15, 0.2) is 12.1 Å². The Morgan fingerprint density at radius 3 is 2.50 bits per heavy atom. The molecule has 2 aliphatic heterocycles. The monoisotopic (exact) mass is 233 g/mol. The highest BCUT2D eigenvalue weighted by atomic mass is 16.8. The van der Waals surface area contributed by atoms with Gasteiger partial charge in [0.2, 0.25) is 0 Å². The van der Waals surface area contributed by atoms with Crippen LogP contribution < -0.4 is 5.73 Å². The second-order valence-electron chi connectivity index (χ2n) is 4.57. The molecule has 6 heteroatoms. The molecule has 0 aromatic heterocycles. The van der Waals surface area contributed by atoms with Crippen molar-refractivity contribution < 1.29 is 24.1 Å². The van der Waals surface area contributed by atoms with Crippen LogP contribution in [0.25, 0.3) is 0 Å². The van der Waals surface area contributed by atoms with Gasteiger partial charge in [-0.1, -0.05) is 0 Å². The van der Waals surface area contributed by atoms with Crippen molar-refractivity contribution in [1.82, 2.24) is 0 Å². The summed E-state index contributed by atoms with van der Waals surface area (Å²) in [6.07, 6.45) is -2.70. The normalized spacial score (nSPS) is 46.7. The van der Waals surface area contributed by atoms with Crippen LogP contribution in [0.5, 0.6) is 0 Å². The number of rotatable bonds is 2. The van der Waals surface area contributed by atoms with Gasteiger partial charge >= 0.3 is 0 Å². The minimum absolute atomic E-state index is 0.299. The quantitative estimate of drug-likeness (QED) is 0.649. The molecule has 0 spiro atoms. The Morgan fingerprint density at radius 1 is 1.31 bits per heavy atom. The highest BCUT2D eigenvalue weighted by molar-refractivity contribution is 4.96. The molecule has 2 saturated heterocycles. The fourth-order valence-corrected chi connectivity index (χ4v) is 2.24. The topological polar surface area (TPSA) is 83.2 Å². The Morgan fingerprint density at radius 2 is 1.94 bits per heavy atom. The van der Waals surface area contributed by atoms with Crippen molar-refractivity contribution in [3.8, 4) is 0 Å². The first kappa shape index (κ1) is 12.2. The predicted molar refractivity (Wildman–Crippen MR) is 54.6 cm³/mol. The molecule has 94 valence electrons. The molecule has 0 aromatic carbocycles. The van der Waals surface area contributed by atoms with Crippen LogP contribution in [-0.4, -0.2) is 55.3 Å². The zero-order valence-electron chi connectivity index (χ0n) is 9.75. The van der Waals surface area contributed by atoms with Crippen molar-refractivity contribution in [1.29, 1.82) is 0 Å². The van der Waals surface area contributed by atoms with Crippen molar-refractivity contribution in [2.75, 3.05) is 13.7 Å². The third kappa shape index (κ3) is 1.97. The van der Waals surface area contributed by atoms with E-state index in [1.165, 1.54) is 7.11 Å². The number of ether oxygens (including phenoxy) is 4. The molecule has 2 fully saturated rings. The Hall–Kier alpha value is -0.240. The second-order valence-corrected chi connectivity index (χ2v) is 4.57. The minimum atomic E-state index is -0.862. The molecule has 3 N–H and O–H groups in total. The van der Waals surface area contributed by atoms with E-state index in [2.05, 4.69) is 0 Å². The van der Waals surface area contributed by atoms with Crippen molar-refractivity contribution >= 4 is 0 Å². The molecule has 0 aliphatic carbocycles. The molecule has 16 heavy (non-hydrogen) atoms. The Kier molecular flexibility index (Phi) is 3.22. The molecule has 5 atom stereocenters. The summed E-state index contributed by atoms with van der Waals surface area (Å²) in [5.41, 5.74) is 5.61. The van der Waals surface area contributed by atoms with Crippen molar-refractivity contribution in [3.05, 3.63) is 0 Å². The van der Waals surface area contributed by atoms with Crippen LogP contribution in [0.2, 0.25) is 0 Å². The van der Waals surface area contributed by atoms with Crippen LogP contribution in [0.1, 0.15) is 13.8 Å². The molecule has 2 rings (SSSR count). The summed E-state index contributed by atoms with van der Waals surface area (Å²) in [6.45, 7) is 3.90. The van der Waals surface area contributed by atoms with Gasteiger partial charge in [-0.15, -0.1) is 0 Å². The maximum absolute atomic E-state index is 9.99. The lowest BCUT2D eigenvalue weighted by Crippen LogP contribution is -2.58. The summed E-state index contributed by atoms with van der Waals surface area (Å²) >= 11 is 0. The molecule has 6 nitrogen and oxygen atoms in total. The smallest absolute Gasteiger partial charge is 0.186 e. The second kappa shape index (κ2) is 4.21. The first-order valence-electron chi connectivity index (χ1n) is 5.40. The van der Waals surface area contributed by atoms with Crippen molar-refractivity contribution in [3.63, 3.8) is 0 Å². The van der Waals surface area contributed by atoms with E-state index in [1.807, 2.05) is 0 Å². The maximum atomic E-state index is 9.99. The van der Waals surface area contributed by atoms with E-state index in [9.17, 15) is 5.11 Å². The summed E-state index contributed by atoms with van der Waals surface area (Å²) in [5, 5.41) is 9.99. The molecule has 0 aromatic rings. The van der Waals surface area contributed by atoms with Gasteiger partial charge in [0, 0.05) is 13.7 Å². The van der Waals surface area contributed by atoms with Crippen LogP contribution in [-0.2, 0) is 18.9 Å². The number of hydrogen-bond donors (Lipinski definition) is 2. The van der Waals surface area contributed by atoms with E-state index in [1.54, 1.807) is 13.8 Å². The first-order chi connectivity index (χ1) is 7.48. The summed E-state index contributed by atoms with van der Waals surface area (Å²) in [5.74, 6) is -0.726. The van der Waals surface area contributed by atoms with E-state index in [0.717, 1.165) is 0 Å². The predicted octanol–water partition coefficient (Wildman–Crippen LogP) is -0.803. The lowest BCUT2D eigenvalue weighted by Gasteiger charge is -2.38. The third-order valence-corrected chi connectivity index (χ3v) is 2.92. The SMILES string of the molecule is CO[C@H]1O[C@H](CN)[C@@H]2OC(C)(C)O[C@@H]2[C@H]1O. The molecule has 0 unspecified atom stereocenters. The first-order valence-corrected chi connectivity index (χ1v) is 5.40. The van der Waals surface area contributed by atoms with E-state index in [-0.39, 0.29) is 12.2 Å². The van der Waals surface area contributed by atoms with Gasteiger partial charge in [0.1, 0.15) is 24.4 Å². The average molecular weight is 233 g/mol. The number of fused-ring (bicyclic) bond motifs is 1. The van der Waals surface area contributed by atoms with Gasteiger partial charge in [-0.05, 0) is 13.8 Å². The number of hydrogen-bond acceptors (Lipinski definition) is 6. The third-order valence-electron chi connectivity index (χ3n) is 2.92.